The summed E-state index contributed by atoms with van der Waals surface area (Å²) in [6, 6.07) is 17.7. The minimum atomic E-state index is -0.490. The molecular formula is C27H25BrN4O4. The number of hydrogen-bond acceptors (Lipinski definition) is 6. The average Bonchev–Trinajstić information content (AvgIpc) is 2.87. The third kappa shape index (κ3) is 5.85. The Bertz CT molecular complexity index is 1500. The van der Waals surface area contributed by atoms with E-state index in [0.717, 1.165) is 28.4 Å². The Kier molecular flexibility index (Phi) is 7.90. The van der Waals surface area contributed by atoms with Crippen molar-refractivity contribution in [2.45, 2.75) is 39.7 Å². The van der Waals surface area contributed by atoms with E-state index in [1.165, 1.54) is 17.0 Å². The van der Waals surface area contributed by atoms with Crippen LogP contribution in [0.2, 0.25) is 0 Å². The Labute approximate surface area is 216 Å². The van der Waals surface area contributed by atoms with Crippen LogP contribution in [0.15, 0.2) is 75.0 Å². The van der Waals surface area contributed by atoms with E-state index in [1.807, 2.05) is 37.3 Å². The molecule has 0 amide bonds. The highest BCUT2D eigenvalue weighted by atomic mass is 79.9. The molecule has 0 aliphatic carbocycles. The topological polar surface area (TPSA) is 99.6 Å². The third-order valence-electron chi connectivity index (χ3n) is 5.65. The first kappa shape index (κ1) is 25.2. The zero-order valence-electron chi connectivity index (χ0n) is 20.0. The molecule has 4 rings (SSSR count). The van der Waals surface area contributed by atoms with Gasteiger partial charge in [0.25, 0.3) is 5.56 Å². The van der Waals surface area contributed by atoms with Crippen molar-refractivity contribution < 1.29 is 9.66 Å². The minimum absolute atomic E-state index is 0.163. The van der Waals surface area contributed by atoms with Crippen LogP contribution in [0.25, 0.3) is 10.9 Å². The first-order chi connectivity index (χ1) is 17.4. The number of fused-ring (bicyclic) bond motifs is 1. The molecule has 0 N–H and O–H groups in total. The van der Waals surface area contributed by atoms with Gasteiger partial charge in [-0.15, -0.1) is 0 Å². The molecule has 0 unspecified atom stereocenters. The van der Waals surface area contributed by atoms with E-state index in [4.69, 9.17) is 4.74 Å². The van der Waals surface area contributed by atoms with Crippen LogP contribution in [0.5, 0.6) is 5.75 Å². The minimum Gasteiger partial charge on any atom is -0.482 e. The summed E-state index contributed by atoms with van der Waals surface area (Å²) in [4.78, 5) is 29.1. The lowest BCUT2D eigenvalue weighted by Crippen LogP contribution is -2.22. The molecule has 0 fully saturated rings. The summed E-state index contributed by atoms with van der Waals surface area (Å²) in [6.45, 7) is 4.26. The summed E-state index contributed by atoms with van der Waals surface area (Å²) in [6.07, 6.45) is 3.80. The number of rotatable bonds is 9. The molecular weight excluding hydrogens is 524 g/mol. The molecule has 1 heterocycles. The average molecular weight is 549 g/mol. The lowest BCUT2D eigenvalue weighted by atomic mass is 10.1. The summed E-state index contributed by atoms with van der Waals surface area (Å²) >= 11 is 3.40. The predicted octanol–water partition coefficient (Wildman–Crippen LogP) is 6.18. The molecule has 184 valence electrons. The molecule has 8 nitrogen and oxygen atoms in total. The number of halogens is 1. The fraction of sp³-hybridized carbons (Fsp3) is 0.222. The maximum atomic E-state index is 13.2. The van der Waals surface area contributed by atoms with Gasteiger partial charge in [-0.25, -0.2) is 4.98 Å². The van der Waals surface area contributed by atoms with Gasteiger partial charge in [-0.05, 0) is 49.2 Å². The monoisotopic (exact) mass is 548 g/mol. The number of aryl methyl sites for hydroxylation is 2. The molecule has 36 heavy (non-hydrogen) atoms. The Hall–Kier alpha value is -3.85. The van der Waals surface area contributed by atoms with E-state index in [0.29, 0.717) is 28.7 Å². The largest absolute Gasteiger partial charge is 0.482 e. The third-order valence-corrected chi connectivity index (χ3v) is 6.14. The van der Waals surface area contributed by atoms with Crippen LogP contribution in [-0.4, -0.2) is 20.8 Å². The Balaban J connectivity index is 1.65. The SMILES string of the molecule is CCCCc1nc2ccc(Br)cc2c(=O)n1N=Cc1ccc(OCc2ccc(C)cc2)c([N+](=O)[O-])c1. The molecule has 0 saturated heterocycles. The van der Waals surface area contributed by atoms with Gasteiger partial charge in [-0.3, -0.25) is 14.9 Å². The summed E-state index contributed by atoms with van der Waals surface area (Å²) < 4.78 is 7.77. The molecule has 0 radical (unpaired) electrons. The van der Waals surface area contributed by atoms with Crippen LogP contribution in [-0.2, 0) is 13.0 Å². The van der Waals surface area contributed by atoms with Crippen molar-refractivity contribution in [1.82, 2.24) is 9.66 Å². The fourth-order valence-corrected chi connectivity index (χ4v) is 4.02. The van der Waals surface area contributed by atoms with Crippen molar-refractivity contribution in [3.05, 3.63) is 108 Å². The van der Waals surface area contributed by atoms with Gasteiger partial charge in [0.15, 0.2) is 5.75 Å². The molecule has 9 heteroatoms. The number of nitro groups is 1. The molecule has 1 aromatic heterocycles. The second-order valence-electron chi connectivity index (χ2n) is 8.41. The Morgan fingerprint density at radius 2 is 1.92 bits per heavy atom. The number of nitro benzene ring substituents is 1. The van der Waals surface area contributed by atoms with Gasteiger partial charge in [-0.2, -0.15) is 9.78 Å². The van der Waals surface area contributed by atoms with E-state index in [-0.39, 0.29) is 23.6 Å². The molecule has 0 aliphatic rings. The molecule has 0 saturated carbocycles. The van der Waals surface area contributed by atoms with Crippen molar-refractivity contribution in [2.24, 2.45) is 5.10 Å². The number of ether oxygens (including phenoxy) is 1. The van der Waals surface area contributed by atoms with Crippen molar-refractivity contribution in [3.63, 3.8) is 0 Å². The highest BCUT2D eigenvalue weighted by molar-refractivity contribution is 9.10. The Morgan fingerprint density at radius 3 is 2.64 bits per heavy atom. The van der Waals surface area contributed by atoms with Crippen LogP contribution in [0, 0.1) is 17.0 Å². The maximum Gasteiger partial charge on any atom is 0.311 e. The van der Waals surface area contributed by atoms with Gasteiger partial charge in [0.2, 0.25) is 0 Å². The molecule has 4 aromatic rings. The van der Waals surface area contributed by atoms with Crippen molar-refractivity contribution in [3.8, 4) is 5.75 Å². The Morgan fingerprint density at radius 1 is 1.14 bits per heavy atom. The summed E-state index contributed by atoms with van der Waals surface area (Å²) in [7, 11) is 0. The van der Waals surface area contributed by atoms with Gasteiger partial charge in [0, 0.05) is 22.5 Å². The zero-order valence-corrected chi connectivity index (χ0v) is 21.6. The maximum absolute atomic E-state index is 13.2. The van der Waals surface area contributed by atoms with Crippen molar-refractivity contribution in [1.29, 1.82) is 0 Å². The van der Waals surface area contributed by atoms with Crippen LogP contribution in [0.4, 0.5) is 5.69 Å². The van der Waals surface area contributed by atoms with Gasteiger partial charge < -0.3 is 4.74 Å². The van der Waals surface area contributed by atoms with E-state index in [2.05, 4.69) is 32.9 Å². The fourth-order valence-electron chi connectivity index (χ4n) is 3.66. The first-order valence-corrected chi connectivity index (χ1v) is 12.4. The molecule has 3 aromatic carbocycles. The number of benzene rings is 3. The molecule has 0 aliphatic heterocycles. The summed E-state index contributed by atoms with van der Waals surface area (Å²) in [5, 5.41) is 16.5. The number of unbranched alkanes of at least 4 members (excludes halogenated alkanes) is 1. The van der Waals surface area contributed by atoms with Gasteiger partial charge in [0.05, 0.1) is 22.0 Å². The highest BCUT2D eigenvalue weighted by Crippen LogP contribution is 2.28. The van der Waals surface area contributed by atoms with Crippen molar-refractivity contribution >= 4 is 38.7 Å². The van der Waals surface area contributed by atoms with Crippen LogP contribution in [0.1, 0.15) is 42.3 Å². The summed E-state index contributed by atoms with van der Waals surface area (Å²) in [5.74, 6) is 0.705. The van der Waals surface area contributed by atoms with Gasteiger partial charge in [0.1, 0.15) is 12.4 Å². The first-order valence-electron chi connectivity index (χ1n) is 11.6. The zero-order chi connectivity index (χ0) is 25.7. The van der Waals surface area contributed by atoms with Gasteiger partial charge >= 0.3 is 5.69 Å². The van der Waals surface area contributed by atoms with Gasteiger partial charge in [-0.1, -0.05) is 59.1 Å². The second-order valence-corrected chi connectivity index (χ2v) is 9.33. The van der Waals surface area contributed by atoms with Crippen LogP contribution in [0.3, 0.4) is 0 Å². The highest BCUT2D eigenvalue weighted by Gasteiger charge is 2.16. The molecule has 0 bridgehead atoms. The smallest absolute Gasteiger partial charge is 0.311 e. The lowest BCUT2D eigenvalue weighted by Gasteiger charge is -2.10. The van der Waals surface area contributed by atoms with Crippen LogP contribution < -0.4 is 10.3 Å². The number of nitrogens with zero attached hydrogens (tertiary/aromatic N) is 4. The molecule has 0 atom stereocenters. The summed E-state index contributed by atoms with van der Waals surface area (Å²) in [5.41, 5.74) is 2.63. The predicted molar refractivity (Wildman–Crippen MR) is 144 cm³/mol. The number of hydrogen-bond donors (Lipinski definition) is 0. The van der Waals surface area contributed by atoms with Crippen LogP contribution >= 0.6 is 15.9 Å². The van der Waals surface area contributed by atoms with E-state index in [1.54, 1.807) is 24.3 Å². The lowest BCUT2D eigenvalue weighted by molar-refractivity contribution is -0.385. The normalized spacial score (nSPS) is 11.3. The second kappa shape index (κ2) is 11.3. The van der Waals surface area contributed by atoms with Crippen molar-refractivity contribution in [2.75, 3.05) is 0 Å². The standard InChI is InChI=1S/C27H25BrN4O4/c1-3-4-5-26-30-23-12-11-21(28)15-22(23)27(33)31(26)29-16-20-10-13-25(24(14-20)32(34)35)36-17-19-8-6-18(2)7-9-19/h6-16H,3-5,17H2,1-2H3. The van der Waals surface area contributed by atoms with E-state index < -0.39 is 4.92 Å². The van der Waals surface area contributed by atoms with E-state index in [9.17, 15) is 14.9 Å². The number of aromatic nitrogens is 2. The molecule has 0 spiro atoms. The quantitative estimate of drug-likeness (QED) is 0.141. The van der Waals surface area contributed by atoms with E-state index >= 15 is 0 Å².